The van der Waals surface area contributed by atoms with Gasteiger partial charge in [0.15, 0.2) is 0 Å². The Balaban J connectivity index is 2.08. The molecule has 0 radical (unpaired) electrons. The third-order valence-electron chi connectivity index (χ3n) is 3.76. The van der Waals surface area contributed by atoms with Gasteiger partial charge in [-0.1, -0.05) is 17.7 Å². The minimum atomic E-state index is 0.471. The Morgan fingerprint density at radius 3 is 2.86 bits per heavy atom. The van der Waals surface area contributed by atoms with E-state index in [2.05, 4.69) is 33.2 Å². The van der Waals surface area contributed by atoms with Crippen LogP contribution in [0.1, 0.15) is 5.56 Å². The van der Waals surface area contributed by atoms with Crippen molar-refractivity contribution < 1.29 is 0 Å². The van der Waals surface area contributed by atoms with E-state index in [4.69, 9.17) is 11.6 Å². The van der Waals surface area contributed by atoms with E-state index in [1.165, 1.54) is 0 Å². The molecule has 3 heterocycles. The first kappa shape index (κ1) is 12.3. The topological polar surface area (TPSA) is 54.5 Å². The number of halogens is 1. The van der Waals surface area contributed by atoms with Crippen LogP contribution in [-0.4, -0.2) is 20.2 Å². The van der Waals surface area contributed by atoms with Gasteiger partial charge in [0, 0.05) is 34.1 Å². The summed E-state index contributed by atoms with van der Waals surface area (Å²) in [5.74, 6) is 0. The fraction of sp³-hybridized carbons (Fsp3) is 0.0625. The molecule has 0 unspecified atom stereocenters. The second kappa shape index (κ2) is 4.53. The van der Waals surface area contributed by atoms with E-state index >= 15 is 0 Å². The summed E-state index contributed by atoms with van der Waals surface area (Å²) in [6.45, 7) is 2.08. The van der Waals surface area contributed by atoms with Crippen molar-refractivity contribution in [2.75, 3.05) is 0 Å². The van der Waals surface area contributed by atoms with Crippen molar-refractivity contribution in [3.63, 3.8) is 0 Å². The highest BCUT2D eigenvalue weighted by atomic mass is 35.5. The average Bonchev–Trinajstić information content (AvgIpc) is 2.97. The van der Waals surface area contributed by atoms with Crippen LogP contribution in [-0.2, 0) is 0 Å². The molecule has 0 fully saturated rings. The van der Waals surface area contributed by atoms with Crippen LogP contribution in [0.15, 0.2) is 42.9 Å². The summed E-state index contributed by atoms with van der Waals surface area (Å²) in [5.41, 5.74) is 4.17. The monoisotopic (exact) mass is 294 g/mol. The highest BCUT2D eigenvalue weighted by Gasteiger charge is 2.11. The number of nitrogens with one attached hydrogen (secondary N) is 1. The molecule has 4 rings (SSSR count). The number of rotatable bonds is 1. The average molecular weight is 295 g/mol. The number of benzene rings is 1. The van der Waals surface area contributed by atoms with Crippen molar-refractivity contribution >= 4 is 33.3 Å². The number of fused-ring (bicyclic) bond motifs is 2. The van der Waals surface area contributed by atoms with Crippen LogP contribution in [0.25, 0.3) is 32.9 Å². The van der Waals surface area contributed by atoms with Crippen LogP contribution in [0.3, 0.4) is 0 Å². The van der Waals surface area contributed by atoms with Gasteiger partial charge in [-0.2, -0.15) is 5.10 Å². The Morgan fingerprint density at radius 1 is 1.05 bits per heavy atom. The number of aromatic nitrogens is 4. The summed E-state index contributed by atoms with van der Waals surface area (Å²) >= 11 is 6.04. The van der Waals surface area contributed by atoms with Crippen molar-refractivity contribution in [1.29, 1.82) is 0 Å². The van der Waals surface area contributed by atoms with Gasteiger partial charge in [0.05, 0.1) is 17.4 Å². The van der Waals surface area contributed by atoms with Gasteiger partial charge in [0.2, 0.25) is 0 Å². The summed E-state index contributed by atoms with van der Waals surface area (Å²) in [4.78, 5) is 8.68. The molecule has 102 valence electrons. The van der Waals surface area contributed by atoms with Crippen LogP contribution >= 0.6 is 11.6 Å². The Labute approximate surface area is 125 Å². The van der Waals surface area contributed by atoms with Crippen LogP contribution in [0.5, 0.6) is 0 Å². The molecular formula is C16H11ClN4. The molecular weight excluding hydrogens is 284 g/mol. The van der Waals surface area contributed by atoms with E-state index in [0.29, 0.717) is 5.15 Å². The lowest BCUT2D eigenvalue weighted by atomic mass is 9.98. The Morgan fingerprint density at radius 2 is 1.95 bits per heavy atom. The molecule has 0 bridgehead atoms. The molecule has 0 aliphatic heterocycles. The molecule has 1 aromatic carbocycles. The van der Waals surface area contributed by atoms with Crippen molar-refractivity contribution in [2.45, 2.75) is 6.92 Å². The Kier molecular flexibility index (Phi) is 2.65. The second-order valence-corrected chi connectivity index (χ2v) is 5.34. The van der Waals surface area contributed by atoms with Crippen LogP contribution < -0.4 is 0 Å². The second-order valence-electron chi connectivity index (χ2n) is 4.96. The normalized spacial score (nSPS) is 11.3. The zero-order chi connectivity index (χ0) is 14.4. The fourth-order valence-corrected chi connectivity index (χ4v) is 2.83. The summed E-state index contributed by atoms with van der Waals surface area (Å²) in [6, 6.07) is 7.88. The summed E-state index contributed by atoms with van der Waals surface area (Å²) in [6.07, 6.45) is 5.41. The smallest absolute Gasteiger partial charge is 0.129 e. The number of pyridine rings is 2. The zero-order valence-electron chi connectivity index (χ0n) is 11.3. The van der Waals surface area contributed by atoms with Gasteiger partial charge in [-0.25, -0.2) is 4.98 Å². The largest absolute Gasteiger partial charge is 0.278 e. The molecule has 0 saturated carbocycles. The Hall–Kier alpha value is -2.46. The first-order valence-corrected chi connectivity index (χ1v) is 6.95. The first-order chi connectivity index (χ1) is 10.2. The number of hydrogen-bond acceptors (Lipinski definition) is 3. The standard InChI is InChI=1S/C16H11ClN4/c1-9-11(2-3-14-13(9)8-20-21-14)16-12-6-15(17)19-7-10(12)4-5-18-16/h2-8H,1H3,(H,20,21). The number of aryl methyl sites for hydroxylation is 1. The van der Waals surface area contributed by atoms with Gasteiger partial charge in [-0.3, -0.25) is 10.1 Å². The van der Waals surface area contributed by atoms with Gasteiger partial charge >= 0.3 is 0 Å². The lowest BCUT2D eigenvalue weighted by molar-refractivity contribution is 1.12. The number of nitrogens with zero attached hydrogens (tertiary/aromatic N) is 3. The zero-order valence-corrected chi connectivity index (χ0v) is 12.0. The summed E-state index contributed by atoms with van der Waals surface area (Å²) in [5, 5.41) is 10.7. The minimum absolute atomic E-state index is 0.471. The maximum absolute atomic E-state index is 6.04. The van der Waals surface area contributed by atoms with Crippen molar-refractivity contribution in [3.8, 4) is 11.3 Å². The Bertz CT molecular complexity index is 975. The predicted octanol–water partition coefficient (Wildman–Crippen LogP) is 4.13. The minimum Gasteiger partial charge on any atom is -0.278 e. The van der Waals surface area contributed by atoms with E-state index in [1.807, 2.05) is 24.4 Å². The van der Waals surface area contributed by atoms with Crippen molar-refractivity contribution in [3.05, 3.63) is 53.6 Å². The first-order valence-electron chi connectivity index (χ1n) is 6.57. The molecule has 0 saturated heterocycles. The molecule has 1 N–H and O–H groups in total. The van der Waals surface area contributed by atoms with Crippen LogP contribution in [0.4, 0.5) is 0 Å². The lowest BCUT2D eigenvalue weighted by Gasteiger charge is -2.09. The molecule has 4 aromatic rings. The van der Waals surface area contributed by atoms with Crippen LogP contribution in [0, 0.1) is 6.92 Å². The van der Waals surface area contributed by atoms with E-state index in [0.717, 1.165) is 38.5 Å². The van der Waals surface area contributed by atoms with Crippen molar-refractivity contribution in [2.24, 2.45) is 0 Å². The summed E-state index contributed by atoms with van der Waals surface area (Å²) in [7, 11) is 0. The quantitative estimate of drug-likeness (QED) is 0.537. The third-order valence-corrected chi connectivity index (χ3v) is 3.97. The number of aromatic amines is 1. The molecule has 0 spiro atoms. The molecule has 3 aromatic heterocycles. The highest BCUT2D eigenvalue weighted by Crippen LogP contribution is 2.32. The molecule has 0 atom stereocenters. The maximum Gasteiger partial charge on any atom is 0.129 e. The predicted molar refractivity (Wildman–Crippen MR) is 84.4 cm³/mol. The van der Waals surface area contributed by atoms with Crippen LogP contribution in [0.2, 0.25) is 5.15 Å². The van der Waals surface area contributed by atoms with Crippen molar-refractivity contribution in [1.82, 2.24) is 20.2 Å². The van der Waals surface area contributed by atoms with E-state index in [-0.39, 0.29) is 0 Å². The van der Waals surface area contributed by atoms with E-state index < -0.39 is 0 Å². The molecule has 21 heavy (non-hydrogen) atoms. The van der Waals surface area contributed by atoms with Gasteiger partial charge in [0.1, 0.15) is 5.15 Å². The van der Waals surface area contributed by atoms with Gasteiger partial charge in [-0.15, -0.1) is 0 Å². The third kappa shape index (κ3) is 1.87. The number of hydrogen-bond donors (Lipinski definition) is 1. The fourth-order valence-electron chi connectivity index (χ4n) is 2.67. The SMILES string of the molecule is Cc1c(-c2nccc3cnc(Cl)cc23)ccc2[nH]ncc12. The molecule has 4 nitrogen and oxygen atoms in total. The van der Waals surface area contributed by atoms with E-state index in [9.17, 15) is 0 Å². The highest BCUT2D eigenvalue weighted by molar-refractivity contribution is 6.30. The van der Waals surface area contributed by atoms with Gasteiger partial charge < -0.3 is 0 Å². The van der Waals surface area contributed by atoms with E-state index in [1.54, 1.807) is 12.4 Å². The maximum atomic E-state index is 6.04. The lowest BCUT2D eigenvalue weighted by Crippen LogP contribution is -1.90. The molecule has 5 heteroatoms. The van der Waals surface area contributed by atoms with Gasteiger partial charge in [0.25, 0.3) is 0 Å². The number of H-pyrrole nitrogens is 1. The molecule has 0 aliphatic rings. The molecule has 0 aliphatic carbocycles. The van der Waals surface area contributed by atoms with Gasteiger partial charge in [-0.05, 0) is 30.7 Å². The molecule has 0 amide bonds. The summed E-state index contributed by atoms with van der Waals surface area (Å²) < 4.78 is 0.